The number of aryl methyl sites for hydroxylation is 1. The molecule has 2 aromatic rings. The number of nitrogens with zero attached hydrogens (tertiary/aromatic N) is 3. The van der Waals surface area contributed by atoms with Gasteiger partial charge in [0.25, 0.3) is 0 Å². The van der Waals surface area contributed by atoms with Crippen LogP contribution in [0.2, 0.25) is 0 Å². The smallest absolute Gasteiger partial charge is 0.217 e. The summed E-state index contributed by atoms with van der Waals surface area (Å²) in [6, 6.07) is 9.66. The van der Waals surface area contributed by atoms with E-state index in [-0.39, 0.29) is 24.8 Å². The van der Waals surface area contributed by atoms with E-state index in [9.17, 15) is 0 Å². The summed E-state index contributed by atoms with van der Waals surface area (Å²) in [7, 11) is 1.66. The average Bonchev–Trinajstić information content (AvgIpc) is 2.66. The van der Waals surface area contributed by atoms with Crippen LogP contribution in [0.1, 0.15) is 31.4 Å². The highest BCUT2D eigenvalue weighted by molar-refractivity contribution is 5.85. The molecular weight excluding hydrogens is 385 g/mol. The lowest BCUT2D eigenvalue weighted by atomic mass is 10.1. The van der Waals surface area contributed by atoms with Crippen LogP contribution in [0.5, 0.6) is 11.6 Å². The molecule has 0 N–H and O–H groups in total. The van der Waals surface area contributed by atoms with Crippen molar-refractivity contribution in [2.75, 3.05) is 33.4 Å². The summed E-state index contributed by atoms with van der Waals surface area (Å²) in [4.78, 5) is 11.6. The summed E-state index contributed by atoms with van der Waals surface area (Å²) >= 11 is 0. The zero-order valence-electron chi connectivity index (χ0n) is 16.0. The Bertz CT molecular complexity index is 677. The van der Waals surface area contributed by atoms with Crippen LogP contribution in [-0.2, 0) is 0 Å². The molecule has 0 bridgehead atoms. The van der Waals surface area contributed by atoms with E-state index in [0.717, 1.165) is 30.0 Å². The standard InChI is InChI=1S/C20H27N3O2.2ClH/c1-16-15-19(25-14-6-13-23-11-4-3-5-12-23)22-20(21-16)17-7-9-18(24-2)10-8-17;;/h7-10,15H,3-6,11-14H2,1-2H3;2*1H. The summed E-state index contributed by atoms with van der Waals surface area (Å²) in [5.41, 5.74) is 1.87. The molecule has 27 heavy (non-hydrogen) atoms. The minimum atomic E-state index is 0. The summed E-state index contributed by atoms with van der Waals surface area (Å²) in [6.07, 6.45) is 5.07. The van der Waals surface area contributed by atoms with Crippen LogP contribution < -0.4 is 9.47 Å². The summed E-state index contributed by atoms with van der Waals surface area (Å²) in [5.74, 6) is 2.16. The molecule has 0 amide bonds. The minimum absolute atomic E-state index is 0. The second-order valence-electron chi connectivity index (χ2n) is 6.50. The van der Waals surface area contributed by atoms with Crippen molar-refractivity contribution in [2.24, 2.45) is 0 Å². The topological polar surface area (TPSA) is 47.5 Å². The average molecular weight is 414 g/mol. The fourth-order valence-corrected chi connectivity index (χ4v) is 3.13. The lowest BCUT2D eigenvalue weighted by Gasteiger charge is -2.26. The molecule has 2 heterocycles. The van der Waals surface area contributed by atoms with Gasteiger partial charge in [-0.05, 0) is 63.5 Å². The molecule has 1 aliphatic heterocycles. The molecule has 1 aliphatic rings. The Hall–Kier alpha value is -1.56. The van der Waals surface area contributed by atoms with E-state index in [1.807, 2.05) is 37.3 Å². The monoisotopic (exact) mass is 413 g/mol. The number of aromatic nitrogens is 2. The normalized spacial score (nSPS) is 14.0. The Labute approximate surface area is 174 Å². The fourth-order valence-electron chi connectivity index (χ4n) is 3.13. The first-order chi connectivity index (χ1) is 12.2. The van der Waals surface area contributed by atoms with Crippen LogP contribution in [0.25, 0.3) is 11.4 Å². The van der Waals surface area contributed by atoms with Gasteiger partial charge in [0, 0.05) is 23.9 Å². The van der Waals surface area contributed by atoms with Crippen LogP contribution >= 0.6 is 24.8 Å². The van der Waals surface area contributed by atoms with Gasteiger partial charge >= 0.3 is 0 Å². The predicted molar refractivity (Wildman–Crippen MR) is 114 cm³/mol. The molecular formula is C20H29Cl2N3O2. The molecule has 0 spiro atoms. The van der Waals surface area contributed by atoms with Crippen molar-refractivity contribution in [3.63, 3.8) is 0 Å². The highest BCUT2D eigenvalue weighted by Gasteiger charge is 2.10. The van der Waals surface area contributed by atoms with Crippen molar-refractivity contribution in [2.45, 2.75) is 32.6 Å². The molecule has 0 saturated carbocycles. The number of likely N-dealkylation sites (tertiary alicyclic amines) is 1. The molecule has 1 aromatic heterocycles. The minimum Gasteiger partial charge on any atom is -0.497 e. The molecule has 0 aliphatic carbocycles. The van der Waals surface area contributed by atoms with Gasteiger partial charge in [-0.3, -0.25) is 0 Å². The third-order valence-electron chi connectivity index (χ3n) is 4.50. The number of hydrogen-bond acceptors (Lipinski definition) is 5. The first-order valence-electron chi connectivity index (χ1n) is 9.10. The Morgan fingerprint density at radius 2 is 1.70 bits per heavy atom. The Balaban J connectivity index is 0.00000182. The second kappa shape index (κ2) is 12.0. The van der Waals surface area contributed by atoms with Gasteiger partial charge in [0.15, 0.2) is 5.82 Å². The maximum Gasteiger partial charge on any atom is 0.217 e. The Morgan fingerprint density at radius 1 is 1.00 bits per heavy atom. The summed E-state index contributed by atoms with van der Waals surface area (Å²) in [6.45, 7) is 6.22. The van der Waals surface area contributed by atoms with Gasteiger partial charge in [-0.15, -0.1) is 24.8 Å². The molecule has 150 valence electrons. The first kappa shape index (κ1) is 23.5. The van der Waals surface area contributed by atoms with Gasteiger partial charge < -0.3 is 14.4 Å². The van der Waals surface area contributed by atoms with Crippen molar-refractivity contribution in [1.29, 1.82) is 0 Å². The molecule has 3 rings (SSSR count). The fraction of sp³-hybridized carbons (Fsp3) is 0.500. The van der Waals surface area contributed by atoms with Gasteiger partial charge in [-0.1, -0.05) is 6.42 Å². The van der Waals surface area contributed by atoms with Gasteiger partial charge in [0.2, 0.25) is 5.88 Å². The van der Waals surface area contributed by atoms with Crippen molar-refractivity contribution in [3.05, 3.63) is 36.0 Å². The predicted octanol–water partition coefficient (Wildman–Crippen LogP) is 4.56. The number of benzene rings is 1. The third-order valence-corrected chi connectivity index (χ3v) is 4.50. The summed E-state index contributed by atoms with van der Waals surface area (Å²) in [5, 5.41) is 0. The molecule has 0 radical (unpaired) electrons. The molecule has 7 heteroatoms. The van der Waals surface area contributed by atoms with Crippen LogP contribution in [0, 0.1) is 6.92 Å². The lowest BCUT2D eigenvalue weighted by molar-refractivity contribution is 0.203. The van der Waals surface area contributed by atoms with Gasteiger partial charge in [-0.25, -0.2) is 4.98 Å². The van der Waals surface area contributed by atoms with Gasteiger partial charge in [-0.2, -0.15) is 4.98 Å². The van der Waals surface area contributed by atoms with E-state index in [1.54, 1.807) is 7.11 Å². The Morgan fingerprint density at radius 3 is 2.37 bits per heavy atom. The maximum atomic E-state index is 5.88. The van der Waals surface area contributed by atoms with Gasteiger partial charge in [0.1, 0.15) is 5.75 Å². The Kier molecular flexibility index (Phi) is 10.4. The highest BCUT2D eigenvalue weighted by atomic mass is 35.5. The molecule has 1 fully saturated rings. The van der Waals surface area contributed by atoms with Crippen molar-refractivity contribution < 1.29 is 9.47 Å². The van der Waals surface area contributed by atoms with E-state index in [1.165, 1.54) is 32.4 Å². The first-order valence-corrected chi connectivity index (χ1v) is 9.10. The van der Waals surface area contributed by atoms with Crippen LogP contribution in [0.4, 0.5) is 0 Å². The van der Waals surface area contributed by atoms with Gasteiger partial charge in [0.05, 0.1) is 13.7 Å². The van der Waals surface area contributed by atoms with E-state index >= 15 is 0 Å². The SMILES string of the molecule is COc1ccc(-c2nc(C)cc(OCCCN3CCCCC3)n2)cc1.Cl.Cl. The van der Waals surface area contributed by atoms with Crippen molar-refractivity contribution in [3.8, 4) is 23.0 Å². The van der Waals surface area contributed by atoms with Crippen LogP contribution in [0.15, 0.2) is 30.3 Å². The third kappa shape index (κ3) is 7.17. The maximum absolute atomic E-state index is 5.88. The molecule has 0 unspecified atom stereocenters. The number of halogens is 2. The number of hydrogen-bond donors (Lipinski definition) is 0. The van der Waals surface area contributed by atoms with E-state index < -0.39 is 0 Å². The zero-order valence-corrected chi connectivity index (χ0v) is 17.7. The van der Waals surface area contributed by atoms with Crippen molar-refractivity contribution in [1.82, 2.24) is 14.9 Å². The molecule has 0 atom stereocenters. The van der Waals surface area contributed by atoms with E-state index in [4.69, 9.17) is 9.47 Å². The van der Waals surface area contributed by atoms with Crippen LogP contribution in [0.3, 0.4) is 0 Å². The van der Waals surface area contributed by atoms with Crippen LogP contribution in [-0.4, -0.2) is 48.2 Å². The van der Waals surface area contributed by atoms with Crippen molar-refractivity contribution >= 4 is 24.8 Å². The number of methoxy groups -OCH3 is 1. The lowest BCUT2D eigenvalue weighted by Crippen LogP contribution is -2.31. The number of piperidine rings is 1. The second-order valence-corrected chi connectivity index (χ2v) is 6.50. The molecule has 1 saturated heterocycles. The highest BCUT2D eigenvalue weighted by Crippen LogP contribution is 2.22. The quantitative estimate of drug-likeness (QED) is 0.622. The summed E-state index contributed by atoms with van der Waals surface area (Å²) < 4.78 is 11.1. The zero-order chi connectivity index (χ0) is 17.5. The van der Waals surface area contributed by atoms with E-state index in [2.05, 4.69) is 14.9 Å². The molecule has 1 aromatic carbocycles. The van der Waals surface area contributed by atoms with E-state index in [0.29, 0.717) is 18.3 Å². The number of rotatable bonds is 7. The molecule has 5 nitrogen and oxygen atoms in total. The number of ether oxygens (including phenoxy) is 2. The largest absolute Gasteiger partial charge is 0.497 e.